The molecule has 2 aromatic rings. The molecule has 1 saturated heterocycles. The van der Waals surface area contributed by atoms with Crippen molar-refractivity contribution in [3.8, 4) is 17.1 Å². The summed E-state index contributed by atoms with van der Waals surface area (Å²) >= 11 is 1.50. The van der Waals surface area contributed by atoms with E-state index in [1.54, 1.807) is 7.11 Å². The fraction of sp³-hybridized carbons (Fsp3) is 0.609. The van der Waals surface area contributed by atoms with Crippen LogP contribution in [0.15, 0.2) is 29.4 Å². The zero-order valence-corrected chi connectivity index (χ0v) is 19.0. The van der Waals surface area contributed by atoms with Gasteiger partial charge in [0.25, 0.3) is 0 Å². The maximum atomic E-state index is 12.9. The number of piperidine rings is 1. The number of hydrogen-bond acceptors (Lipinski definition) is 5. The molecule has 6 nitrogen and oxygen atoms in total. The van der Waals surface area contributed by atoms with E-state index in [4.69, 9.17) is 4.74 Å². The highest BCUT2D eigenvalue weighted by atomic mass is 32.2. The van der Waals surface area contributed by atoms with Crippen molar-refractivity contribution in [3.05, 3.63) is 24.3 Å². The van der Waals surface area contributed by atoms with Gasteiger partial charge in [-0.15, -0.1) is 10.2 Å². The number of thioether (sulfide) groups is 1. The molecule has 1 saturated carbocycles. The van der Waals surface area contributed by atoms with Gasteiger partial charge >= 0.3 is 0 Å². The number of amides is 1. The molecular formula is C23H32N4O2S. The van der Waals surface area contributed by atoms with Crippen LogP contribution in [0.2, 0.25) is 0 Å². The van der Waals surface area contributed by atoms with E-state index in [2.05, 4.69) is 33.5 Å². The first-order chi connectivity index (χ1) is 14.6. The molecule has 0 spiro atoms. The van der Waals surface area contributed by atoms with Gasteiger partial charge < -0.3 is 9.64 Å². The molecule has 1 amide bonds. The summed E-state index contributed by atoms with van der Waals surface area (Å²) in [5, 5.41) is 9.65. The highest BCUT2D eigenvalue weighted by Crippen LogP contribution is 2.36. The van der Waals surface area contributed by atoms with Crippen molar-refractivity contribution in [2.75, 3.05) is 26.0 Å². The number of methoxy groups -OCH3 is 1. The lowest BCUT2D eigenvalue weighted by atomic mass is 9.75. The van der Waals surface area contributed by atoms with Crippen molar-refractivity contribution in [2.24, 2.45) is 11.8 Å². The SMILES string of the molecule is COc1ccc(-c2nnc(SCC(=O)N3CC[C@@H]4CCCC[C@@H]4C3)n2C(C)C)cc1. The summed E-state index contributed by atoms with van der Waals surface area (Å²) in [5.74, 6) is 3.84. The van der Waals surface area contributed by atoms with E-state index < -0.39 is 0 Å². The van der Waals surface area contributed by atoms with E-state index in [1.807, 2.05) is 24.3 Å². The summed E-state index contributed by atoms with van der Waals surface area (Å²) < 4.78 is 7.37. The first kappa shape index (κ1) is 21.2. The Morgan fingerprint density at radius 3 is 2.57 bits per heavy atom. The molecule has 2 heterocycles. The number of rotatable bonds is 6. The van der Waals surface area contributed by atoms with Crippen LogP contribution in [0, 0.1) is 11.8 Å². The third-order valence-corrected chi connectivity index (χ3v) is 7.43. The van der Waals surface area contributed by atoms with Crippen LogP contribution in [0.1, 0.15) is 52.0 Å². The molecule has 0 bridgehead atoms. The normalized spacial score (nSPS) is 21.5. The fourth-order valence-corrected chi connectivity index (χ4v) is 5.79. The zero-order chi connectivity index (χ0) is 21.1. The Bertz CT molecular complexity index is 865. The number of carbonyl (C=O) groups is 1. The van der Waals surface area contributed by atoms with E-state index in [9.17, 15) is 4.79 Å². The molecule has 30 heavy (non-hydrogen) atoms. The second kappa shape index (κ2) is 9.41. The van der Waals surface area contributed by atoms with Gasteiger partial charge in [0.15, 0.2) is 11.0 Å². The monoisotopic (exact) mass is 428 g/mol. The molecule has 2 atom stereocenters. The third kappa shape index (κ3) is 4.51. The number of benzene rings is 1. The van der Waals surface area contributed by atoms with Gasteiger partial charge in [-0.3, -0.25) is 9.36 Å². The number of hydrogen-bond donors (Lipinski definition) is 0. The molecule has 2 fully saturated rings. The summed E-state index contributed by atoms with van der Waals surface area (Å²) in [6, 6.07) is 8.05. The van der Waals surface area contributed by atoms with Crippen LogP contribution in [0.3, 0.4) is 0 Å². The van der Waals surface area contributed by atoms with Crippen LogP contribution in [0.25, 0.3) is 11.4 Å². The van der Waals surface area contributed by atoms with Crippen LogP contribution in [-0.4, -0.2) is 51.5 Å². The van der Waals surface area contributed by atoms with Crippen molar-refractivity contribution in [3.63, 3.8) is 0 Å². The minimum Gasteiger partial charge on any atom is -0.497 e. The van der Waals surface area contributed by atoms with Gasteiger partial charge in [-0.25, -0.2) is 0 Å². The van der Waals surface area contributed by atoms with Gasteiger partial charge in [-0.2, -0.15) is 0 Å². The molecule has 1 aliphatic carbocycles. The third-order valence-electron chi connectivity index (χ3n) is 6.50. The second-order valence-corrected chi connectivity index (χ2v) is 9.66. The number of fused-ring (bicyclic) bond motifs is 1. The van der Waals surface area contributed by atoms with Crippen molar-refractivity contribution < 1.29 is 9.53 Å². The second-order valence-electron chi connectivity index (χ2n) is 8.72. The predicted molar refractivity (Wildman–Crippen MR) is 120 cm³/mol. The van der Waals surface area contributed by atoms with E-state index in [1.165, 1.54) is 43.9 Å². The molecule has 0 unspecified atom stereocenters. The Kier molecular flexibility index (Phi) is 6.66. The summed E-state index contributed by atoms with van der Waals surface area (Å²) in [5.41, 5.74) is 0.995. The Hall–Kier alpha value is -2.02. The molecular weight excluding hydrogens is 396 g/mol. The zero-order valence-electron chi connectivity index (χ0n) is 18.2. The molecule has 0 radical (unpaired) electrons. The van der Waals surface area contributed by atoms with Gasteiger partial charge in [-0.1, -0.05) is 31.0 Å². The topological polar surface area (TPSA) is 60.3 Å². The number of carbonyl (C=O) groups excluding carboxylic acids is 1. The van der Waals surface area contributed by atoms with Crippen molar-refractivity contribution in [1.29, 1.82) is 0 Å². The summed E-state index contributed by atoms with van der Waals surface area (Å²) in [6.45, 7) is 6.10. The minimum atomic E-state index is 0.202. The summed E-state index contributed by atoms with van der Waals surface area (Å²) in [4.78, 5) is 15.0. The van der Waals surface area contributed by atoms with Gasteiger partial charge in [0.1, 0.15) is 5.75 Å². The lowest BCUT2D eigenvalue weighted by molar-refractivity contribution is -0.131. The van der Waals surface area contributed by atoms with Crippen molar-refractivity contribution >= 4 is 17.7 Å². The average molecular weight is 429 g/mol. The fourth-order valence-electron chi connectivity index (χ4n) is 4.82. The van der Waals surface area contributed by atoms with Gasteiger partial charge in [0.05, 0.1) is 12.9 Å². The quantitative estimate of drug-likeness (QED) is 0.626. The van der Waals surface area contributed by atoms with Crippen LogP contribution >= 0.6 is 11.8 Å². The average Bonchev–Trinajstić information content (AvgIpc) is 3.21. The first-order valence-electron chi connectivity index (χ1n) is 11.1. The number of ether oxygens (including phenoxy) is 1. The molecule has 1 aromatic heterocycles. The Morgan fingerprint density at radius 1 is 1.13 bits per heavy atom. The lowest BCUT2D eigenvalue weighted by Gasteiger charge is -2.41. The maximum Gasteiger partial charge on any atom is 0.233 e. The number of aromatic nitrogens is 3. The van der Waals surface area contributed by atoms with Crippen molar-refractivity contribution in [2.45, 2.75) is 57.1 Å². The standard InChI is InChI=1S/C23H32N4O2S/c1-16(2)27-22(18-8-10-20(29-3)11-9-18)24-25-23(27)30-15-21(28)26-13-12-17-6-4-5-7-19(17)14-26/h8-11,16-17,19H,4-7,12-15H2,1-3H3/t17-,19+/m0/s1. The van der Waals surface area contributed by atoms with E-state index in [0.717, 1.165) is 41.3 Å². The molecule has 4 rings (SSSR count). The van der Waals surface area contributed by atoms with Crippen molar-refractivity contribution in [1.82, 2.24) is 19.7 Å². The maximum absolute atomic E-state index is 12.9. The highest BCUT2D eigenvalue weighted by molar-refractivity contribution is 7.99. The summed E-state index contributed by atoms with van der Waals surface area (Å²) in [7, 11) is 1.66. The number of likely N-dealkylation sites (tertiary alicyclic amines) is 1. The van der Waals surface area contributed by atoms with Crippen LogP contribution in [0.5, 0.6) is 5.75 Å². The minimum absolute atomic E-state index is 0.202. The summed E-state index contributed by atoms with van der Waals surface area (Å²) in [6.07, 6.45) is 6.50. The Labute approximate surface area is 183 Å². The molecule has 0 N–H and O–H groups in total. The lowest BCUT2D eigenvalue weighted by Crippen LogP contribution is -2.45. The smallest absolute Gasteiger partial charge is 0.233 e. The van der Waals surface area contributed by atoms with Crippen LogP contribution < -0.4 is 4.74 Å². The Morgan fingerprint density at radius 2 is 1.87 bits per heavy atom. The molecule has 2 aliphatic rings. The van der Waals surface area contributed by atoms with E-state index in [-0.39, 0.29) is 11.9 Å². The first-order valence-corrected chi connectivity index (χ1v) is 12.0. The van der Waals surface area contributed by atoms with Crippen LogP contribution in [-0.2, 0) is 4.79 Å². The molecule has 1 aromatic carbocycles. The van der Waals surface area contributed by atoms with E-state index in [0.29, 0.717) is 11.7 Å². The highest BCUT2D eigenvalue weighted by Gasteiger charge is 2.33. The molecule has 7 heteroatoms. The van der Waals surface area contributed by atoms with Gasteiger partial charge in [0, 0.05) is 24.7 Å². The largest absolute Gasteiger partial charge is 0.497 e. The molecule has 1 aliphatic heterocycles. The van der Waals surface area contributed by atoms with Crippen LogP contribution in [0.4, 0.5) is 0 Å². The van der Waals surface area contributed by atoms with E-state index >= 15 is 0 Å². The Balaban J connectivity index is 1.43. The van der Waals surface area contributed by atoms with Gasteiger partial charge in [-0.05, 0) is 62.8 Å². The molecule has 162 valence electrons. The predicted octanol–water partition coefficient (Wildman–Crippen LogP) is 4.67. The number of nitrogens with zero attached hydrogens (tertiary/aromatic N) is 4. The van der Waals surface area contributed by atoms with Gasteiger partial charge in [0.2, 0.25) is 5.91 Å².